The minimum Gasteiger partial charge on any atom is -0.461 e. The molecule has 0 saturated carbocycles. The zero-order valence-electron chi connectivity index (χ0n) is 16.1. The Kier molecular flexibility index (Phi) is 7.91. The number of halogens is 1. The van der Waals surface area contributed by atoms with Gasteiger partial charge in [-0.3, -0.25) is 0 Å². The molecule has 0 aromatic heterocycles. The molecule has 2 radical (unpaired) electrons. The molecule has 4 atom stereocenters. The first-order valence-electron chi connectivity index (χ1n) is 9.41. The highest BCUT2D eigenvalue weighted by Gasteiger charge is 2.45. The second-order valence-electron chi connectivity index (χ2n) is 6.60. The van der Waals surface area contributed by atoms with Crippen LogP contribution in [0.1, 0.15) is 11.1 Å². The summed E-state index contributed by atoms with van der Waals surface area (Å²) >= 11 is 1.09. The van der Waals surface area contributed by atoms with E-state index < -0.39 is 34.6 Å². The van der Waals surface area contributed by atoms with Crippen LogP contribution < -0.4 is 0 Å². The lowest BCUT2D eigenvalue weighted by Gasteiger charge is -2.19. The minimum absolute atomic E-state index is 0.114. The predicted molar refractivity (Wildman–Crippen MR) is 118 cm³/mol. The lowest BCUT2D eigenvalue weighted by atomic mass is 9.95. The third-order valence-corrected chi connectivity index (χ3v) is 5.72. The Morgan fingerprint density at radius 2 is 1.47 bits per heavy atom. The predicted octanol–water partition coefficient (Wildman–Crippen LogP) is 3.82. The van der Waals surface area contributed by atoms with Gasteiger partial charge in [-0.1, -0.05) is 60.7 Å². The fourth-order valence-corrected chi connectivity index (χ4v) is 4.08. The van der Waals surface area contributed by atoms with Gasteiger partial charge in [-0.15, -0.1) is 0 Å². The molecule has 0 amide bonds. The fraction of sp³-hybridized carbons (Fsp3) is 0.217. The summed E-state index contributed by atoms with van der Waals surface area (Å²) in [6, 6.07) is 18.5. The van der Waals surface area contributed by atoms with Crippen LogP contribution >= 0.6 is 11.8 Å². The number of rotatable bonds is 7. The van der Waals surface area contributed by atoms with E-state index in [0.29, 0.717) is 0 Å². The Morgan fingerprint density at radius 3 is 2.03 bits per heavy atom. The molecule has 4 nitrogen and oxygen atoms in total. The van der Waals surface area contributed by atoms with Gasteiger partial charge in [-0.05, 0) is 23.3 Å². The van der Waals surface area contributed by atoms with Crippen LogP contribution in [-0.2, 0) is 19.1 Å². The highest BCUT2D eigenvalue weighted by atomic mass is 32.2. The van der Waals surface area contributed by atoms with Crippen molar-refractivity contribution < 1.29 is 23.5 Å². The van der Waals surface area contributed by atoms with Crippen molar-refractivity contribution in [3.8, 4) is 0 Å². The van der Waals surface area contributed by atoms with Gasteiger partial charge in [0.15, 0.2) is 0 Å². The number of thioether (sulfide) groups is 1. The second kappa shape index (κ2) is 10.8. The Labute approximate surface area is 180 Å². The van der Waals surface area contributed by atoms with Gasteiger partial charge in [0.05, 0.1) is 13.1 Å². The van der Waals surface area contributed by atoms with E-state index in [1.165, 1.54) is 12.2 Å². The van der Waals surface area contributed by atoms with Crippen molar-refractivity contribution in [3.63, 3.8) is 0 Å². The summed E-state index contributed by atoms with van der Waals surface area (Å²) in [5, 5.41) is -1.44. The Balaban J connectivity index is 1.54. The molecule has 30 heavy (non-hydrogen) atoms. The van der Waals surface area contributed by atoms with Crippen LogP contribution in [0.3, 0.4) is 0 Å². The summed E-state index contributed by atoms with van der Waals surface area (Å²) in [6.07, 6.45) is 3.10. The van der Waals surface area contributed by atoms with Crippen molar-refractivity contribution in [2.24, 2.45) is 0 Å². The first-order chi connectivity index (χ1) is 14.5. The van der Waals surface area contributed by atoms with Crippen LogP contribution in [0.4, 0.5) is 4.39 Å². The van der Waals surface area contributed by atoms with Gasteiger partial charge in [0.2, 0.25) is 0 Å². The van der Waals surface area contributed by atoms with E-state index in [0.717, 1.165) is 22.9 Å². The second-order valence-corrected chi connectivity index (χ2v) is 8.03. The van der Waals surface area contributed by atoms with Crippen molar-refractivity contribution >= 4 is 43.7 Å². The van der Waals surface area contributed by atoms with E-state index in [1.807, 2.05) is 60.7 Å². The van der Waals surface area contributed by atoms with Crippen LogP contribution in [0.2, 0.25) is 0 Å². The molecule has 7 heteroatoms. The number of hydrogen-bond acceptors (Lipinski definition) is 5. The summed E-state index contributed by atoms with van der Waals surface area (Å²) < 4.78 is 24.9. The van der Waals surface area contributed by atoms with Gasteiger partial charge >= 0.3 is 11.9 Å². The van der Waals surface area contributed by atoms with Crippen LogP contribution in [0.15, 0.2) is 72.8 Å². The van der Waals surface area contributed by atoms with E-state index in [1.54, 1.807) is 12.2 Å². The average Bonchev–Trinajstić information content (AvgIpc) is 3.04. The summed E-state index contributed by atoms with van der Waals surface area (Å²) in [7, 11) is 5.77. The first-order valence-corrected chi connectivity index (χ1v) is 10.4. The van der Waals surface area contributed by atoms with Gasteiger partial charge in [-0.2, -0.15) is 11.8 Å². The molecule has 1 heterocycles. The molecular weight excluding hydrogens is 402 g/mol. The maximum absolute atomic E-state index is 14.4. The summed E-state index contributed by atoms with van der Waals surface area (Å²) in [6.45, 7) is -0.114. The lowest BCUT2D eigenvalue weighted by Crippen LogP contribution is -2.36. The number of carbonyl (C=O) groups is 2. The molecule has 1 aliphatic heterocycles. The molecule has 0 N–H and O–H groups in total. The summed E-state index contributed by atoms with van der Waals surface area (Å²) in [5.74, 6) is -1.24. The standard InChI is InChI=1S/C23H20BFO4S/c24-23-21(25)22(29-20(27)14-12-17-9-5-2-6-10-17)18(30-23)15-28-19(26)13-11-16-7-3-1-4-8-16/h1-14,18,21-23H,15H2/b13-11+,14-12+/t18-,21+,22?,23+/m1/s1. The minimum atomic E-state index is -1.55. The van der Waals surface area contributed by atoms with Gasteiger partial charge in [0, 0.05) is 17.3 Å². The molecular formula is C23H20BFO4S. The number of carbonyl (C=O) groups excluding carboxylic acids is 2. The van der Waals surface area contributed by atoms with E-state index in [-0.39, 0.29) is 6.61 Å². The van der Waals surface area contributed by atoms with Crippen LogP contribution in [0.25, 0.3) is 12.2 Å². The lowest BCUT2D eigenvalue weighted by molar-refractivity contribution is -0.147. The van der Waals surface area contributed by atoms with Crippen molar-refractivity contribution in [1.82, 2.24) is 0 Å². The monoisotopic (exact) mass is 422 g/mol. The average molecular weight is 422 g/mol. The normalized spacial score (nSPS) is 23.6. The topological polar surface area (TPSA) is 52.6 Å². The number of alkyl halides is 1. The molecule has 0 bridgehead atoms. The van der Waals surface area contributed by atoms with Crippen molar-refractivity contribution in [2.75, 3.05) is 6.61 Å². The zero-order chi connectivity index (χ0) is 21.3. The molecule has 1 fully saturated rings. The number of esters is 2. The van der Waals surface area contributed by atoms with Gasteiger partial charge in [-0.25, -0.2) is 14.0 Å². The Bertz CT molecular complexity index is 904. The highest BCUT2D eigenvalue weighted by Crippen LogP contribution is 2.37. The summed E-state index contributed by atoms with van der Waals surface area (Å²) in [4.78, 5) is 24.1. The van der Waals surface area contributed by atoms with Crippen LogP contribution in [-0.4, -0.2) is 49.1 Å². The van der Waals surface area contributed by atoms with Gasteiger partial charge in [0.1, 0.15) is 18.9 Å². The fourth-order valence-electron chi connectivity index (χ4n) is 2.86. The van der Waals surface area contributed by atoms with E-state index in [4.69, 9.17) is 17.3 Å². The molecule has 152 valence electrons. The number of ether oxygens (including phenoxy) is 2. The smallest absolute Gasteiger partial charge is 0.331 e. The molecule has 2 aromatic carbocycles. The zero-order valence-corrected chi connectivity index (χ0v) is 16.9. The first kappa shape index (κ1) is 21.9. The van der Waals surface area contributed by atoms with Crippen molar-refractivity contribution in [1.29, 1.82) is 0 Å². The largest absolute Gasteiger partial charge is 0.461 e. The van der Waals surface area contributed by atoms with Gasteiger partial charge < -0.3 is 9.47 Å². The maximum Gasteiger partial charge on any atom is 0.331 e. The third-order valence-electron chi connectivity index (χ3n) is 4.39. The number of hydrogen-bond donors (Lipinski definition) is 0. The van der Waals surface area contributed by atoms with Gasteiger partial charge in [0.25, 0.3) is 0 Å². The Hall–Kier alpha value is -2.80. The molecule has 1 unspecified atom stereocenters. The molecule has 1 saturated heterocycles. The van der Waals surface area contributed by atoms with Crippen LogP contribution in [0, 0.1) is 0 Å². The van der Waals surface area contributed by atoms with Crippen LogP contribution in [0.5, 0.6) is 0 Å². The quantitative estimate of drug-likeness (QED) is 0.386. The highest BCUT2D eigenvalue weighted by molar-refractivity contribution is 8.02. The van der Waals surface area contributed by atoms with Crippen molar-refractivity contribution in [2.45, 2.75) is 22.7 Å². The molecule has 0 spiro atoms. The molecule has 1 aliphatic rings. The molecule has 0 aliphatic carbocycles. The van der Waals surface area contributed by atoms with E-state index in [2.05, 4.69) is 0 Å². The maximum atomic E-state index is 14.4. The third kappa shape index (κ3) is 6.35. The SMILES string of the molecule is [B][C@H]1S[C@H](COC(=O)/C=C/c2ccccc2)C(OC(=O)/C=C/c2ccccc2)[C@@H]1F. The van der Waals surface area contributed by atoms with E-state index in [9.17, 15) is 14.0 Å². The molecule has 2 aromatic rings. The molecule has 3 rings (SSSR count). The summed E-state index contributed by atoms with van der Waals surface area (Å²) in [5.41, 5.74) is 1.67. The number of benzene rings is 2. The Morgan fingerprint density at radius 1 is 0.933 bits per heavy atom. The van der Waals surface area contributed by atoms with Crippen molar-refractivity contribution in [3.05, 3.63) is 83.9 Å². The van der Waals surface area contributed by atoms with E-state index >= 15 is 0 Å².